The first kappa shape index (κ1) is 35.9. The SMILES string of the molecule is CN(C(=O)c1cnc(C(F)(F)F)nc1)c1cccc(C(=O)Cc2c(I)cc(C(F)(C(F)(F)F)C(F)(F)F)cc2C(F)(F)F)c1F. The zero-order valence-corrected chi connectivity index (χ0v) is 23.7. The minimum atomic E-state index is -6.74. The minimum absolute atomic E-state index is 0.176. The van der Waals surface area contributed by atoms with E-state index in [2.05, 4.69) is 9.97 Å². The Hall–Kier alpha value is -3.59. The summed E-state index contributed by atoms with van der Waals surface area (Å²) in [4.78, 5) is 32.1. The smallest absolute Gasteiger partial charge is 0.309 e. The van der Waals surface area contributed by atoms with Gasteiger partial charge in [0.25, 0.3) is 5.91 Å². The number of hydrogen-bond acceptors (Lipinski definition) is 4. The first-order chi connectivity index (χ1) is 20.3. The van der Waals surface area contributed by atoms with Crippen LogP contribution in [0.4, 0.5) is 67.2 Å². The fourth-order valence-electron chi connectivity index (χ4n) is 3.89. The number of aromatic nitrogens is 2. The van der Waals surface area contributed by atoms with Gasteiger partial charge in [0.15, 0.2) is 11.6 Å². The van der Waals surface area contributed by atoms with Crippen molar-refractivity contribution < 1.29 is 71.1 Å². The van der Waals surface area contributed by atoms with Crippen LogP contribution >= 0.6 is 22.6 Å². The Bertz CT molecular complexity index is 1600. The van der Waals surface area contributed by atoms with Crippen LogP contribution in [-0.4, -0.2) is 41.1 Å². The molecule has 3 rings (SSSR count). The highest BCUT2D eigenvalue weighted by Crippen LogP contribution is 2.54. The molecule has 0 atom stereocenters. The fourth-order valence-corrected chi connectivity index (χ4v) is 4.71. The number of alkyl halides is 13. The third-order valence-corrected chi connectivity index (χ3v) is 7.08. The van der Waals surface area contributed by atoms with Gasteiger partial charge in [-0.2, -0.15) is 52.7 Å². The van der Waals surface area contributed by atoms with E-state index >= 15 is 4.39 Å². The number of anilines is 1. The summed E-state index contributed by atoms with van der Waals surface area (Å²) < 4.78 is 188. The third-order valence-electron chi connectivity index (χ3n) is 6.11. The summed E-state index contributed by atoms with van der Waals surface area (Å²) in [5, 5.41) is 0. The lowest BCUT2D eigenvalue weighted by Gasteiger charge is -2.31. The molecule has 244 valence electrons. The van der Waals surface area contributed by atoms with Crippen LogP contribution in [-0.2, 0) is 24.4 Å². The number of carbonyl (C=O) groups excluding carboxylic acids is 2. The van der Waals surface area contributed by atoms with Crippen LogP contribution in [0.25, 0.3) is 0 Å². The van der Waals surface area contributed by atoms with Crippen molar-refractivity contribution in [1.29, 1.82) is 0 Å². The van der Waals surface area contributed by atoms with Crippen LogP contribution in [0.1, 0.15) is 43.2 Å². The molecule has 0 saturated carbocycles. The summed E-state index contributed by atoms with van der Waals surface area (Å²) in [5.74, 6) is -5.83. The van der Waals surface area contributed by atoms with E-state index in [1.165, 1.54) is 0 Å². The van der Waals surface area contributed by atoms with Crippen molar-refractivity contribution in [3.8, 4) is 0 Å². The molecule has 3 aromatic rings. The number of carbonyl (C=O) groups is 2. The van der Waals surface area contributed by atoms with Gasteiger partial charge in [0.05, 0.1) is 22.4 Å². The van der Waals surface area contributed by atoms with Crippen molar-refractivity contribution in [2.24, 2.45) is 0 Å². The maximum atomic E-state index is 15.4. The van der Waals surface area contributed by atoms with Gasteiger partial charge in [0, 0.05) is 35.0 Å². The van der Waals surface area contributed by atoms with Crippen LogP contribution in [0.3, 0.4) is 0 Å². The maximum absolute atomic E-state index is 15.4. The number of rotatable bonds is 6. The van der Waals surface area contributed by atoms with Gasteiger partial charge < -0.3 is 4.90 Å². The average Bonchev–Trinajstić information content (AvgIpc) is 2.90. The van der Waals surface area contributed by atoms with E-state index < -0.39 is 103 Å². The molecule has 0 aliphatic carbocycles. The van der Waals surface area contributed by atoms with Gasteiger partial charge >= 0.3 is 30.4 Å². The number of Topliss-reactive ketones (excluding diaryl/α,β-unsaturated/α-hetero) is 1. The second kappa shape index (κ2) is 12.0. The fraction of sp³-hybridized carbons (Fsp3) is 0.280. The first-order valence-corrected chi connectivity index (χ1v) is 12.6. The predicted molar refractivity (Wildman–Crippen MR) is 133 cm³/mol. The van der Waals surface area contributed by atoms with Crippen LogP contribution < -0.4 is 4.90 Å². The average molecular weight is 779 g/mol. The Kier molecular flexibility index (Phi) is 9.55. The Labute approximate surface area is 255 Å². The van der Waals surface area contributed by atoms with Crippen molar-refractivity contribution in [3.63, 3.8) is 0 Å². The Balaban J connectivity index is 2.04. The molecule has 20 heteroatoms. The molecule has 0 fully saturated rings. The number of halogens is 15. The Morgan fingerprint density at radius 3 is 1.82 bits per heavy atom. The number of amides is 1. The molecule has 0 N–H and O–H groups in total. The molecule has 0 aliphatic rings. The molecule has 1 heterocycles. The quantitative estimate of drug-likeness (QED) is 0.144. The van der Waals surface area contributed by atoms with Crippen LogP contribution in [0.15, 0.2) is 42.7 Å². The van der Waals surface area contributed by atoms with Gasteiger partial charge in [-0.3, -0.25) is 9.59 Å². The molecular formula is C25H12F14IN3O2. The second-order valence-corrected chi connectivity index (χ2v) is 10.2. The van der Waals surface area contributed by atoms with E-state index in [1.54, 1.807) is 0 Å². The van der Waals surface area contributed by atoms with E-state index in [1.807, 2.05) is 0 Å². The molecule has 0 unspecified atom stereocenters. The molecule has 0 radical (unpaired) electrons. The van der Waals surface area contributed by atoms with E-state index in [4.69, 9.17) is 0 Å². The molecule has 1 amide bonds. The van der Waals surface area contributed by atoms with Gasteiger partial charge in [0.2, 0.25) is 5.82 Å². The lowest BCUT2D eigenvalue weighted by atomic mass is 9.89. The zero-order chi connectivity index (χ0) is 34.5. The summed E-state index contributed by atoms with van der Waals surface area (Å²) in [6.07, 6.45) is -24.7. The summed E-state index contributed by atoms with van der Waals surface area (Å²) >= 11 is 0.866. The van der Waals surface area contributed by atoms with Crippen LogP contribution in [0, 0.1) is 9.39 Å². The molecule has 0 saturated heterocycles. The molecule has 45 heavy (non-hydrogen) atoms. The lowest BCUT2D eigenvalue weighted by Crippen LogP contribution is -2.50. The number of benzene rings is 2. The number of nitrogens with zero attached hydrogens (tertiary/aromatic N) is 3. The topological polar surface area (TPSA) is 63.2 Å². The van der Waals surface area contributed by atoms with E-state index in [0.29, 0.717) is 17.3 Å². The summed E-state index contributed by atoms with van der Waals surface area (Å²) in [7, 11) is 0.903. The minimum Gasteiger partial charge on any atom is -0.309 e. The van der Waals surface area contributed by atoms with E-state index in [9.17, 15) is 66.7 Å². The molecular weight excluding hydrogens is 767 g/mol. The van der Waals surface area contributed by atoms with Gasteiger partial charge in [-0.05, 0) is 52.4 Å². The maximum Gasteiger partial charge on any atom is 0.451 e. The predicted octanol–water partition coefficient (Wildman–Crippen LogP) is 8.25. The largest absolute Gasteiger partial charge is 0.451 e. The molecule has 0 bridgehead atoms. The van der Waals surface area contributed by atoms with Crippen molar-refractivity contribution in [1.82, 2.24) is 9.97 Å². The third kappa shape index (κ3) is 6.98. The summed E-state index contributed by atoms with van der Waals surface area (Å²) in [5.41, 5.74) is -14.4. The van der Waals surface area contributed by atoms with Crippen molar-refractivity contribution in [2.75, 3.05) is 11.9 Å². The molecule has 0 spiro atoms. The van der Waals surface area contributed by atoms with Crippen molar-refractivity contribution in [2.45, 2.75) is 36.8 Å². The zero-order valence-electron chi connectivity index (χ0n) is 21.6. The summed E-state index contributed by atoms with van der Waals surface area (Å²) in [6.45, 7) is 0. The van der Waals surface area contributed by atoms with Crippen LogP contribution in [0.5, 0.6) is 0 Å². The monoisotopic (exact) mass is 779 g/mol. The molecule has 1 aromatic heterocycles. The standard InChI is InChI=1S/C25H12F14IN3O2/c1-43(19(45)10-8-41-20(42-9-10)23(31,32)33)16-4-2-3-12(18(16)26)17(44)7-13-14(22(28,29)30)5-11(6-15(13)40)21(27,24(34,35)36)25(37,38)39/h2-6,8-9H,7H2,1H3. The number of ketones is 1. The highest BCUT2D eigenvalue weighted by molar-refractivity contribution is 14.1. The summed E-state index contributed by atoms with van der Waals surface area (Å²) in [6, 6.07) is 1.66. The highest BCUT2D eigenvalue weighted by Gasteiger charge is 2.73. The van der Waals surface area contributed by atoms with Gasteiger partial charge in [0.1, 0.15) is 0 Å². The van der Waals surface area contributed by atoms with Crippen molar-refractivity contribution >= 4 is 40.0 Å². The molecule has 5 nitrogen and oxygen atoms in total. The van der Waals surface area contributed by atoms with E-state index in [-0.39, 0.29) is 6.07 Å². The van der Waals surface area contributed by atoms with Crippen LogP contribution in [0.2, 0.25) is 0 Å². The lowest BCUT2D eigenvalue weighted by molar-refractivity contribution is -0.348. The van der Waals surface area contributed by atoms with Gasteiger partial charge in [-0.1, -0.05) is 6.07 Å². The normalized spacial score (nSPS) is 13.2. The highest BCUT2D eigenvalue weighted by atomic mass is 127. The van der Waals surface area contributed by atoms with Gasteiger partial charge in [-0.15, -0.1) is 0 Å². The second-order valence-electron chi connectivity index (χ2n) is 9.03. The number of hydrogen-bond donors (Lipinski definition) is 0. The molecule has 2 aromatic carbocycles. The molecule has 0 aliphatic heterocycles. The first-order valence-electron chi connectivity index (χ1n) is 11.5. The Morgan fingerprint density at radius 2 is 1.36 bits per heavy atom. The van der Waals surface area contributed by atoms with E-state index in [0.717, 1.165) is 47.8 Å². The van der Waals surface area contributed by atoms with Crippen molar-refractivity contribution in [3.05, 3.63) is 85.8 Å². The Morgan fingerprint density at radius 1 is 0.822 bits per heavy atom. The van der Waals surface area contributed by atoms with Gasteiger partial charge in [-0.25, -0.2) is 18.7 Å².